The number of para-hydroxylation sites is 1. The number of hydrogen-bond donors (Lipinski definition) is 0. The fourth-order valence-corrected chi connectivity index (χ4v) is 0.951. The second-order valence-electron chi connectivity index (χ2n) is 1.64. The molecule has 0 bridgehead atoms. The maximum Gasteiger partial charge on any atom is 0.277 e. The Balaban J connectivity index is 2.59. The molecule has 3 heteroatoms. The van der Waals surface area contributed by atoms with Crippen LogP contribution in [-0.4, -0.2) is 0 Å². The van der Waals surface area contributed by atoms with Gasteiger partial charge in [0.05, 0.1) is 0 Å². The van der Waals surface area contributed by atoms with Crippen molar-refractivity contribution in [1.29, 1.82) is 0 Å². The summed E-state index contributed by atoms with van der Waals surface area (Å²) in [6.45, 7) is 0. The first kappa shape index (κ1) is 8.08. The Morgan fingerprint density at radius 2 is 1.70 bits per heavy atom. The highest BCUT2D eigenvalue weighted by Gasteiger charge is 1.99. The van der Waals surface area contributed by atoms with Gasteiger partial charge in [0.15, 0.2) is 0 Å². The molecule has 0 aromatic heterocycles. The average Bonchev–Trinajstić information content (AvgIpc) is 1.88. The van der Waals surface area contributed by atoms with Crippen molar-refractivity contribution in [3.8, 4) is 5.75 Å². The van der Waals surface area contributed by atoms with Crippen LogP contribution >= 0.6 is 31.9 Å². The first-order valence-corrected chi connectivity index (χ1v) is 4.28. The molecule has 0 heterocycles. The topological polar surface area (TPSA) is 9.23 Å². The van der Waals surface area contributed by atoms with Gasteiger partial charge in [0.25, 0.3) is 3.92 Å². The van der Waals surface area contributed by atoms with Crippen LogP contribution in [0.5, 0.6) is 5.75 Å². The van der Waals surface area contributed by atoms with E-state index in [0.29, 0.717) is 3.92 Å². The lowest BCUT2D eigenvalue weighted by atomic mass is 10.3. The third-order valence-corrected chi connectivity index (χ3v) is 1.26. The molecule has 1 rings (SSSR count). The third-order valence-electron chi connectivity index (χ3n) is 0.938. The lowest BCUT2D eigenvalue weighted by Gasteiger charge is -2.02. The first-order valence-electron chi connectivity index (χ1n) is 2.70. The summed E-state index contributed by atoms with van der Waals surface area (Å²) >= 11 is 6.24. The molecule has 1 radical (unpaired) electrons. The van der Waals surface area contributed by atoms with E-state index in [1.165, 1.54) is 0 Å². The summed E-state index contributed by atoms with van der Waals surface area (Å²) in [5, 5.41) is 0. The fraction of sp³-hybridized carbons (Fsp3) is 0. The van der Waals surface area contributed by atoms with Crippen molar-refractivity contribution in [3.05, 3.63) is 34.3 Å². The van der Waals surface area contributed by atoms with Crippen molar-refractivity contribution in [2.45, 2.75) is 0 Å². The molecule has 0 unspecified atom stereocenters. The molecule has 1 aromatic carbocycles. The van der Waals surface area contributed by atoms with Crippen molar-refractivity contribution in [2.24, 2.45) is 0 Å². The smallest absolute Gasteiger partial charge is 0.277 e. The maximum absolute atomic E-state index is 5.16. The van der Waals surface area contributed by atoms with E-state index in [9.17, 15) is 0 Å². The zero-order valence-electron chi connectivity index (χ0n) is 5.05. The Bertz CT molecular complexity index is 186. The zero-order chi connectivity index (χ0) is 7.40. The molecule has 1 aromatic rings. The summed E-state index contributed by atoms with van der Waals surface area (Å²) in [7, 11) is 0. The summed E-state index contributed by atoms with van der Waals surface area (Å²) in [4.78, 5) is 0. The first-order chi connectivity index (χ1) is 4.79. The third kappa shape index (κ3) is 2.71. The van der Waals surface area contributed by atoms with Gasteiger partial charge in [-0.15, -0.1) is 0 Å². The van der Waals surface area contributed by atoms with E-state index in [4.69, 9.17) is 4.74 Å². The molecular formula is C7H5Br2O. The molecule has 0 aliphatic rings. The molecule has 0 amide bonds. The van der Waals surface area contributed by atoms with Crippen LogP contribution in [0.3, 0.4) is 0 Å². The maximum atomic E-state index is 5.16. The summed E-state index contributed by atoms with van der Waals surface area (Å²) < 4.78 is 5.75. The Labute approximate surface area is 76.6 Å². The van der Waals surface area contributed by atoms with Gasteiger partial charge in [-0.05, 0) is 44.0 Å². The molecule has 0 aliphatic carbocycles. The predicted molar refractivity (Wildman–Crippen MR) is 48.2 cm³/mol. The van der Waals surface area contributed by atoms with Crippen molar-refractivity contribution in [3.63, 3.8) is 0 Å². The van der Waals surface area contributed by atoms with Crippen molar-refractivity contribution >= 4 is 31.9 Å². The van der Waals surface area contributed by atoms with E-state index < -0.39 is 0 Å². The van der Waals surface area contributed by atoms with Crippen LogP contribution in [0, 0.1) is 3.92 Å². The van der Waals surface area contributed by atoms with Gasteiger partial charge in [-0.1, -0.05) is 18.2 Å². The van der Waals surface area contributed by atoms with E-state index in [-0.39, 0.29) is 0 Å². The molecule has 0 fully saturated rings. The van der Waals surface area contributed by atoms with Crippen LogP contribution < -0.4 is 4.74 Å². The quantitative estimate of drug-likeness (QED) is 0.797. The molecule has 0 aliphatic heterocycles. The summed E-state index contributed by atoms with van der Waals surface area (Å²) in [6, 6.07) is 9.52. The van der Waals surface area contributed by atoms with Crippen LogP contribution in [0.2, 0.25) is 0 Å². The molecule has 10 heavy (non-hydrogen) atoms. The van der Waals surface area contributed by atoms with Crippen LogP contribution in [-0.2, 0) is 0 Å². The number of halogens is 2. The summed E-state index contributed by atoms with van der Waals surface area (Å²) in [5.74, 6) is 0.811. The van der Waals surface area contributed by atoms with Gasteiger partial charge >= 0.3 is 0 Å². The Kier molecular flexibility index (Phi) is 3.22. The molecule has 0 N–H and O–H groups in total. The largest absolute Gasteiger partial charge is 0.460 e. The lowest BCUT2D eigenvalue weighted by molar-refractivity contribution is 0.447. The van der Waals surface area contributed by atoms with Gasteiger partial charge < -0.3 is 4.74 Å². The minimum atomic E-state index is 0.589. The summed E-state index contributed by atoms with van der Waals surface area (Å²) in [6.07, 6.45) is 0. The predicted octanol–water partition coefficient (Wildman–Crippen LogP) is 3.30. The Morgan fingerprint density at radius 3 is 2.20 bits per heavy atom. The molecular weight excluding hydrogens is 260 g/mol. The monoisotopic (exact) mass is 263 g/mol. The second kappa shape index (κ2) is 3.98. The highest BCUT2D eigenvalue weighted by atomic mass is 79.9. The minimum absolute atomic E-state index is 0.589. The summed E-state index contributed by atoms with van der Waals surface area (Å²) in [5.41, 5.74) is 0. The van der Waals surface area contributed by atoms with E-state index in [1.807, 2.05) is 30.3 Å². The van der Waals surface area contributed by atoms with Crippen molar-refractivity contribution in [1.82, 2.24) is 0 Å². The van der Waals surface area contributed by atoms with Gasteiger partial charge in [0.1, 0.15) is 5.75 Å². The lowest BCUT2D eigenvalue weighted by Crippen LogP contribution is -1.88. The molecule has 53 valence electrons. The molecule has 0 atom stereocenters. The fourth-order valence-electron chi connectivity index (χ4n) is 0.578. The number of hydrogen-bond acceptors (Lipinski definition) is 1. The van der Waals surface area contributed by atoms with E-state index in [0.717, 1.165) is 5.75 Å². The van der Waals surface area contributed by atoms with Gasteiger partial charge in [-0.25, -0.2) is 0 Å². The molecule has 1 nitrogen and oxygen atoms in total. The van der Waals surface area contributed by atoms with Gasteiger partial charge in [-0.3, -0.25) is 0 Å². The number of rotatable bonds is 2. The number of benzene rings is 1. The average molecular weight is 265 g/mol. The minimum Gasteiger partial charge on any atom is -0.460 e. The molecule has 0 saturated carbocycles. The van der Waals surface area contributed by atoms with E-state index >= 15 is 0 Å². The standard InChI is InChI=1S/C7H5Br2O/c8-7(9)10-6-4-2-1-3-5-6/h1-5H. The number of ether oxygens (including phenoxy) is 1. The molecule has 0 saturated heterocycles. The van der Waals surface area contributed by atoms with E-state index in [1.54, 1.807) is 0 Å². The van der Waals surface area contributed by atoms with Crippen LogP contribution in [0.4, 0.5) is 0 Å². The van der Waals surface area contributed by atoms with Crippen molar-refractivity contribution in [2.75, 3.05) is 0 Å². The highest BCUT2D eigenvalue weighted by Crippen LogP contribution is 2.23. The Hall–Kier alpha value is -0.0200. The zero-order valence-corrected chi connectivity index (χ0v) is 8.22. The normalized spacial score (nSPS) is 9.90. The Morgan fingerprint density at radius 1 is 1.10 bits per heavy atom. The molecule has 0 spiro atoms. The highest BCUT2D eigenvalue weighted by molar-refractivity contribution is 9.27. The van der Waals surface area contributed by atoms with Gasteiger partial charge in [0, 0.05) is 0 Å². The van der Waals surface area contributed by atoms with Crippen LogP contribution in [0.25, 0.3) is 0 Å². The second-order valence-corrected chi connectivity index (χ2v) is 4.15. The van der Waals surface area contributed by atoms with Crippen molar-refractivity contribution < 1.29 is 4.74 Å². The SMILES string of the molecule is Br[C](Br)Oc1ccccc1. The van der Waals surface area contributed by atoms with Crippen LogP contribution in [0.1, 0.15) is 0 Å². The van der Waals surface area contributed by atoms with Gasteiger partial charge in [-0.2, -0.15) is 0 Å². The van der Waals surface area contributed by atoms with E-state index in [2.05, 4.69) is 31.9 Å². The van der Waals surface area contributed by atoms with Gasteiger partial charge in [0.2, 0.25) is 0 Å². The van der Waals surface area contributed by atoms with Crippen LogP contribution in [0.15, 0.2) is 30.3 Å².